The fourth-order valence-corrected chi connectivity index (χ4v) is 4.66. The van der Waals surface area contributed by atoms with Crippen molar-refractivity contribution >= 4 is 0 Å². The maximum atomic E-state index is 15.2. The van der Waals surface area contributed by atoms with E-state index in [4.69, 9.17) is 4.74 Å². The van der Waals surface area contributed by atoms with E-state index in [1.54, 1.807) is 47.4 Å². The molecule has 0 aliphatic carbocycles. The van der Waals surface area contributed by atoms with Gasteiger partial charge in [-0.1, -0.05) is 5.21 Å². The highest BCUT2D eigenvalue weighted by Crippen LogP contribution is 2.45. The second-order valence-corrected chi connectivity index (χ2v) is 8.26. The van der Waals surface area contributed by atoms with Crippen LogP contribution in [0.1, 0.15) is 26.2 Å². The van der Waals surface area contributed by atoms with E-state index in [0.717, 1.165) is 12.8 Å². The van der Waals surface area contributed by atoms with Gasteiger partial charge in [-0.2, -0.15) is 0 Å². The van der Waals surface area contributed by atoms with Crippen molar-refractivity contribution in [3.05, 3.63) is 42.7 Å². The number of rotatable bonds is 4. The molecule has 2 aromatic heterocycles. The Labute approximate surface area is 173 Å². The van der Waals surface area contributed by atoms with Crippen LogP contribution in [0.5, 0.6) is 11.6 Å². The molecule has 4 heterocycles. The summed E-state index contributed by atoms with van der Waals surface area (Å²) >= 11 is 0. The molecule has 9 heteroatoms. The number of phenols is 1. The van der Waals surface area contributed by atoms with Crippen LogP contribution in [0.15, 0.2) is 42.7 Å². The Bertz CT molecular complexity index is 1040. The predicted octanol–water partition coefficient (Wildman–Crippen LogP) is 2.77. The first-order chi connectivity index (χ1) is 14.5. The maximum Gasteiger partial charge on any atom is 0.233 e. The van der Waals surface area contributed by atoms with E-state index in [1.807, 2.05) is 14.0 Å². The number of piperidine rings is 1. The largest absolute Gasteiger partial charge is 0.507 e. The van der Waals surface area contributed by atoms with Gasteiger partial charge >= 0.3 is 0 Å². The van der Waals surface area contributed by atoms with Crippen molar-refractivity contribution in [3.63, 3.8) is 0 Å². The summed E-state index contributed by atoms with van der Waals surface area (Å²) < 4.78 is 22.6. The molecule has 1 N–H and O–H groups in total. The Morgan fingerprint density at radius 1 is 1.23 bits per heavy atom. The minimum atomic E-state index is -1.09. The highest BCUT2D eigenvalue weighted by molar-refractivity contribution is 5.68. The van der Waals surface area contributed by atoms with Crippen LogP contribution < -0.4 is 4.74 Å². The van der Waals surface area contributed by atoms with Crippen molar-refractivity contribution < 1.29 is 14.2 Å². The smallest absolute Gasteiger partial charge is 0.233 e. The zero-order valence-corrected chi connectivity index (χ0v) is 16.8. The Balaban J connectivity index is 1.33. The maximum absolute atomic E-state index is 15.2. The topological polar surface area (TPSA) is 89.2 Å². The summed E-state index contributed by atoms with van der Waals surface area (Å²) in [6, 6.07) is 8.84. The van der Waals surface area contributed by atoms with E-state index >= 15 is 4.39 Å². The summed E-state index contributed by atoms with van der Waals surface area (Å²) in [6.07, 6.45) is 4.10. The number of hydrogen-bond acceptors (Lipinski definition) is 7. The lowest BCUT2D eigenvalue weighted by Crippen LogP contribution is -2.60. The highest BCUT2D eigenvalue weighted by Gasteiger charge is 2.55. The van der Waals surface area contributed by atoms with Crippen molar-refractivity contribution in [2.45, 2.75) is 50.0 Å². The molecule has 0 spiro atoms. The number of hydrogen-bond donors (Lipinski definition) is 1. The van der Waals surface area contributed by atoms with Crippen molar-refractivity contribution in [2.24, 2.45) is 0 Å². The molecule has 156 valence electrons. The van der Waals surface area contributed by atoms with Gasteiger partial charge in [-0.05, 0) is 45.0 Å². The molecule has 1 aromatic carbocycles. The molecule has 30 heavy (non-hydrogen) atoms. The summed E-state index contributed by atoms with van der Waals surface area (Å²) in [5.74, 6) is 0.340. The third-order valence-electron chi connectivity index (χ3n) is 6.62. The van der Waals surface area contributed by atoms with Crippen LogP contribution in [0.2, 0.25) is 0 Å². The Hall–Kier alpha value is -3.07. The minimum Gasteiger partial charge on any atom is -0.507 e. The standard InChI is InChI=1S/C21H23FN6O2/c1-21-8-7-13(27(21)2)12-18(20(21)22)30-19-6-5-16(24-25-19)15-4-3-14(11-17(15)29)28-10-9-23-26-28/h3-6,9-11,13,18,20,29H,7-8,12H2,1-2H3/t13?,18-,20+,21+/m0/s1. The van der Waals surface area contributed by atoms with Gasteiger partial charge in [0.2, 0.25) is 5.88 Å². The zero-order valence-electron chi connectivity index (χ0n) is 16.8. The van der Waals surface area contributed by atoms with E-state index in [2.05, 4.69) is 25.4 Å². The van der Waals surface area contributed by atoms with Crippen molar-refractivity contribution in [1.82, 2.24) is 30.1 Å². The number of phenolic OH excluding ortho intramolecular Hbond substituents is 1. The predicted molar refractivity (Wildman–Crippen MR) is 107 cm³/mol. The van der Waals surface area contributed by atoms with Crippen LogP contribution in [0.3, 0.4) is 0 Å². The van der Waals surface area contributed by atoms with E-state index in [-0.39, 0.29) is 11.6 Å². The van der Waals surface area contributed by atoms with Gasteiger partial charge in [0.15, 0.2) is 6.17 Å². The van der Waals surface area contributed by atoms with Gasteiger partial charge in [0.05, 0.1) is 29.3 Å². The van der Waals surface area contributed by atoms with Crippen LogP contribution in [-0.2, 0) is 0 Å². The molecule has 0 saturated carbocycles. The lowest BCUT2D eigenvalue weighted by atomic mass is 9.87. The molecule has 0 amide bonds. The summed E-state index contributed by atoms with van der Waals surface area (Å²) in [5, 5.41) is 26.4. The highest BCUT2D eigenvalue weighted by atomic mass is 19.1. The molecule has 5 rings (SSSR count). The first-order valence-corrected chi connectivity index (χ1v) is 10.0. The van der Waals surface area contributed by atoms with Crippen molar-refractivity contribution in [3.8, 4) is 28.6 Å². The first kappa shape index (κ1) is 18.9. The average Bonchev–Trinajstić information content (AvgIpc) is 3.35. The van der Waals surface area contributed by atoms with E-state index in [1.165, 1.54) is 0 Å². The van der Waals surface area contributed by atoms with Gasteiger partial charge in [0, 0.05) is 30.2 Å². The van der Waals surface area contributed by atoms with Crippen LogP contribution >= 0.6 is 0 Å². The molecule has 2 saturated heterocycles. The lowest BCUT2D eigenvalue weighted by molar-refractivity contribution is -0.0596. The van der Waals surface area contributed by atoms with Crippen molar-refractivity contribution in [1.29, 1.82) is 0 Å². The van der Waals surface area contributed by atoms with Crippen LogP contribution in [0.25, 0.3) is 16.9 Å². The number of halogens is 1. The molecular formula is C21H23FN6O2. The fraction of sp³-hybridized carbons (Fsp3) is 0.429. The fourth-order valence-electron chi connectivity index (χ4n) is 4.66. The first-order valence-electron chi connectivity index (χ1n) is 10.0. The molecule has 3 aromatic rings. The van der Waals surface area contributed by atoms with Gasteiger partial charge < -0.3 is 9.84 Å². The third kappa shape index (κ3) is 3.00. The monoisotopic (exact) mass is 410 g/mol. The second-order valence-electron chi connectivity index (χ2n) is 8.26. The van der Waals surface area contributed by atoms with E-state index in [0.29, 0.717) is 29.4 Å². The molecule has 1 unspecified atom stereocenters. The number of nitrogens with zero attached hydrogens (tertiary/aromatic N) is 6. The molecule has 2 fully saturated rings. The summed E-state index contributed by atoms with van der Waals surface area (Å²) in [7, 11) is 2.00. The van der Waals surface area contributed by atoms with Gasteiger partial charge in [0.1, 0.15) is 11.9 Å². The van der Waals surface area contributed by atoms with Gasteiger partial charge in [0.25, 0.3) is 0 Å². The number of alkyl halides is 1. The minimum absolute atomic E-state index is 0.0506. The van der Waals surface area contributed by atoms with Gasteiger partial charge in [-0.25, -0.2) is 9.07 Å². The molecule has 2 aliphatic rings. The number of fused-ring (bicyclic) bond motifs is 2. The van der Waals surface area contributed by atoms with Crippen LogP contribution in [0, 0.1) is 0 Å². The van der Waals surface area contributed by atoms with E-state index in [9.17, 15) is 5.11 Å². The van der Waals surface area contributed by atoms with Crippen LogP contribution in [-0.4, -0.2) is 66.1 Å². The average molecular weight is 410 g/mol. The number of benzene rings is 1. The van der Waals surface area contributed by atoms with Gasteiger partial charge in [-0.3, -0.25) is 4.90 Å². The second kappa shape index (κ2) is 7.02. The quantitative estimate of drug-likeness (QED) is 0.707. The summed E-state index contributed by atoms with van der Waals surface area (Å²) in [5.41, 5.74) is 1.22. The zero-order chi connectivity index (χ0) is 20.9. The Morgan fingerprint density at radius 2 is 2.10 bits per heavy atom. The molecular weight excluding hydrogens is 387 g/mol. The molecule has 2 aliphatic heterocycles. The van der Waals surface area contributed by atoms with E-state index < -0.39 is 17.8 Å². The molecule has 4 atom stereocenters. The number of aromatic nitrogens is 5. The Kier molecular flexibility index (Phi) is 4.43. The van der Waals surface area contributed by atoms with Crippen molar-refractivity contribution in [2.75, 3.05) is 7.05 Å². The summed E-state index contributed by atoms with van der Waals surface area (Å²) in [6.45, 7) is 1.97. The number of ether oxygens (including phenoxy) is 1. The summed E-state index contributed by atoms with van der Waals surface area (Å²) in [4.78, 5) is 2.15. The molecule has 2 bridgehead atoms. The molecule has 8 nitrogen and oxygen atoms in total. The van der Waals surface area contributed by atoms with Gasteiger partial charge in [-0.15, -0.1) is 15.3 Å². The lowest BCUT2D eigenvalue weighted by Gasteiger charge is -2.45. The molecule has 0 radical (unpaired) electrons. The normalized spacial score (nSPS) is 28.6. The Morgan fingerprint density at radius 3 is 2.80 bits per heavy atom. The third-order valence-corrected chi connectivity index (χ3v) is 6.62. The number of aromatic hydroxyl groups is 1. The van der Waals surface area contributed by atoms with Crippen LogP contribution in [0.4, 0.5) is 4.39 Å². The SMILES string of the molecule is CN1C2CC[C@]1(C)[C@H](F)[C@@H](Oc1ccc(-c3ccc(-n4ccnn4)cc3O)nn1)C2.